The predicted molar refractivity (Wildman–Crippen MR) is 67.7 cm³/mol. The molecule has 0 saturated heterocycles. The van der Waals surface area contributed by atoms with Crippen LogP contribution in [0, 0.1) is 0 Å². The van der Waals surface area contributed by atoms with Crippen molar-refractivity contribution < 1.29 is 9.90 Å². The van der Waals surface area contributed by atoms with Crippen molar-refractivity contribution in [2.24, 2.45) is 0 Å². The zero-order valence-corrected chi connectivity index (χ0v) is 10.4. The normalized spacial score (nSPS) is 12.2. The quantitative estimate of drug-likeness (QED) is 0.821. The fraction of sp³-hybridized carbons (Fsp3) is 0.417. The summed E-state index contributed by atoms with van der Waals surface area (Å²) in [6.07, 6.45) is 1.51. The molecule has 0 aliphatic carbocycles. The van der Waals surface area contributed by atoms with Crippen molar-refractivity contribution in [3.63, 3.8) is 0 Å². The molecule has 0 aliphatic heterocycles. The van der Waals surface area contributed by atoms with Crippen molar-refractivity contribution in [2.75, 3.05) is 12.8 Å². The van der Waals surface area contributed by atoms with Crippen LogP contribution in [-0.2, 0) is 5.75 Å². The summed E-state index contributed by atoms with van der Waals surface area (Å²) in [5, 5.41) is 11.7. The van der Waals surface area contributed by atoms with Crippen LogP contribution in [0.5, 0.6) is 0 Å². The number of carbonyl (C=O) groups excluding carboxylic acids is 1. The number of aliphatic hydroxyl groups excluding tert-OH is 1. The van der Waals surface area contributed by atoms with Gasteiger partial charge in [0, 0.05) is 17.9 Å². The Morgan fingerprint density at radius 2 is 2.31 bits per heavy atom. The van der Waals surface area contributed by atoms with Crippen LogP contribution in [-0.4, -0.2) is 29.9 Å². The Hall–Kier alpha value is -1.00. The minimum absolute atomic E-state index is 0.135. The van der Waals surface area contributed by atoms with Gasteiger partial charge in [-0.1, -0.05) is 12.1 Å². The van der Waals surface area contributed by atoms with Gasteiger partial charge in [-0.3, -0.25) is 4.79 Å². The average Bonchev–Trinajstić information content (AvgIpc) is 2.26. The van der Waals surface area contributed by atoms with Crippen LogP contribution < -0.4 is 5.32 Å². The molecule has 0 spiro atoms. The number of thioether (sulfide) groups is 1. The smallest absolute Gasteiger partial charge is 0.251 e. The maximum absolute atomic E-state index is 11.7. The Morgan fingerprint density at radius 1 is 1.56 bits per heavy atom. The summed E-state index contributed by atoms with van der Waals surface area (Å²) in [6.45, 7) is 1.93. The van der Waals surface area contributed by atoms with Crippen LogP contribution in [0.15, 0.2) is 24.3 Å². The van der Waals surface area contributed by atoms with Crippen LogP contribution in [0.4, 0.5) is 0 Å². The van der Waals surface area contributed by atoms with E-state index in [1.165, 1.54) is 0 Å². The lowest BCUT2D eigenvalue weighted by Gasteiger charge is -2.08. The van der Waals surface area contributed by atoms with Gasteiger partial charge in [0.2, 0.25) is 0 Å². The first kappa shape index (κ1) is 13.1. The van der Waals surface area contributed by atoms with Crippen LogP contribution in [0.3, 0.4) is 0 Å². The molecule has 0 bridgehead atoms. The molecule has 0 heterocycles. The molecule has 1 rings (SSSR count). The van der Waals surface area contributed by atoms with Gasteiger partial charge in [0.1, 0.15) is 0 Å². The summed E-state index contributed by atoms with van der Waals surface area (Å²) in [7, 11) is 0. The number of rotatable bonds is 5. The summed E-state index contributed by atoms with van der Waals surface area (Å²) < 4.78 is 0. The van der Waals surface area contributed by atoms with Crippen molar-refractivity contribution in [3.8, 4) is 0 Å². The highest BCUT2D eigenvalue weighted by Gasteiger charge is 2.06. The van der Waals surface area contributed by atoms with Crippen molar-refractivity contribution in [2.45, 2.75) is 18.8 Å². The van der Waals surface area contributed by atoms with E-state index >= 15 is 0 Å². The summed E-state index contributed by atoms with van der Waals surface area (Å²) in [5.74, 6) is 0.765. The molecule has 1 aromatic rings. The lowest BCUT2D eigenvalue weighted by molar-refractivity contribution is 0.0924. The van der Waals surface area contributed by atoms with Gasteiger partial charge in [-0.15, -0.1) is 0 Å². The number of nitrogens with one attached hydrogen (secondary N) is 1. The first-order valence-corrected chi connectivity index (χ1v) is 6.57. The molecule has 1 atom stereocenters. The Bertz CT molecular complexity index is 353. The van der Waals surface area contributed by atoms with Gasteiger partial charge in [0.05, 0.1) is 6.10 Å². The molecule has 4 heteroatoms. The first-order valence-electron chi connectivity index (χ1n) is 5.17. The minimum atomic E-state index is -0.515. The molecule has 2 N–H and O–H groups in total. The highest BCUT2D eigenvalue weighted by Crippen LogP contribution is 2.11. The minimum Gasteiger partial charge on any atom is -0.392 e. The molecule has 1 aromatic carbocycles. The highest BCUT2D eigenvalue weighted by atomic mass is 32.2. The highest BCUT2D eigenvalue weighted by molar-refractivity contribution is 7.97. The zero-order chi connectivity index (χ0) is 12.0. The maximum atomic E-state index is 11.7. The van der Waals surface area contributed by atoms with Gasteiger partial charge in [0.25, 0.3) is 5.91 Å². The third-order valence-corrected chi connectivity index (χ3v) is 2.68. The third kappa shape index (κ3) is 4.24. The molecule has 1 amide bonds. The molecule has 0 fully saturated rings. The van der Waals surface area contributed by atoms with Crippen molar-refractivity contribution in [1.29, 1.82) is 0 Å². The second kappa shape index (κ2) is 6.55. The molecule has 0 saturated carbocycles. The summed E-state index contributed by atoms with van der Waals surface area (Å²) >= 11 is 1.72. The summed E-state index contributed by atoms with van der Waals surface area (Å²) in [6, 6.07) is 7.54. The van der Waals surface area contributed by atoms with E-state index in [-0.39, 0.29) is 12.5 Å². The first-order chi connectivity index (χ1) is 7.63. The van der Waals surface area contributed by atoms with Crippen LogP contribution in [0.25, 0.3) is 0 Å². The van der Waals surface area contributed by atoms with E-state index in [0.717, 1.165) is 11.3 Å². The molecule has 3 nitrogen and oxygen atoms in total. The second-order valence-corrected chi connectivity index (χ2v) is 4.56. The fourth-order valence-corrected chi connectivity index (χ4v) is 1.82. The Morgan fingerprint density at radius 3 is 2.94 bits per heavy atom. The van der Waals surface area contributed by atoms with E-state index in [0.29, 0.717) is 5.56 Å². The largest absolute Gasteiger partial charge is 0.392 e. The second-order valence-electron chi connectivity index (χ2n) is 3.69. The number of benzene rings is 1. The Labute approximate surface area is 100 Å². The third-order valence-electron chi connectivity index (χ3n) is 2.06. The Balaban J connectivity index is 2.64. The number of carbonyl (C=O) groups is 1. The molecule has 0 radical (unpaired) electrons. The van der Waals surface area contributed by atoms with Gasteiger partial charge < -0.3 is 10.4 Å². The molecular weight excluding hydrogens is 222 g/mol. The topological polar surface area (TPSA) is 49.3 Å². The molecular formula is C12H17NO2S. The summed E-state index contributed by atoms with van der Waals surface area (Å²) in [4.78, 5) is 11.7. The predicted octanol–water partition coefficient (Wildman–Crippen LogP) is 1.66. The lowest BCUT2D eigenvalue weighted by Crippen LogP contribution is -2.30. The monoisotopic (exact) mass is 239 g/mol. The number of aliphatic hydroxyl groups is 1. The fourth-order valence-electron chi connectivity index (χ4n) is 1.31. The lowest BCUT2D eigenvalue weighted by atomic mass is 10.1. The van der Waals surface area contributed by atoms with E-state index in [1.54, 1.807) is 24.8 Å². The van der Waals surface area contributed by atoms with Crippen molar-refractivity contribution in [1.82, 2.24) is 5.32 Å². The van der Waals surface area contributed by atoms with E-state index in [9.17, 15) is 4.79 Å². The molecule has 16 heavy (non-hydrogen) atoms. The number of hydrogen-bond acceptors (Lipinski definition) is 3. The van der Waals surface area contributed by atoms with Crippen LogP contribution in [0.2, 0.25) is 0 Å². The van der Waals surface area contributed by atoms with E-state index in [1.807, 2.05) is 24.5 Å². The SMILES string of the molecule is CSCc1cccc(C(=O)NCC(C)O)c1. The van der Waals surface area contributed by atoms with Gasteiger partial charge in [-0.25, -0.2) is 0 Å². The van der Waals surface area contributed by atoms with E-state index in [2.05, 4.69) is 5.32 Å². The number of hydrogen-bond donors (Lipinski definition) is 2. The number of amides is 1. The maximum Gasteiger partial charge on any atom is 0.251 e. The molecule has 1 unspecified atom stereocenters. The average molecular weight is 239 g/mol. The van der Waals surface area contributed by atoms with Crippen LogP contribution in [0.1, 0.15) is 22.8 Å². The standard InChI is InChI=1S/C12H17NO2S/c1-9(14)7-13-12(15)11-5-3-4-10(6-11)8-16-2/h3-6,9,14H,7-8H2,1-2H3,(H,13,15). The van der Waals surface area contributed by atoms with Crippen LogP contribution >= 0.6 is 11.8 Å². The van der Waals surface area contributed by atoms with Gasteiger partial charge >= 0.3 is 0 Å². The summed E-state index contributed by atoms with van der Waals surface area (Å²) in [5.41, 5.74) is 1.78. The van der Waals surface area contributed by atoms with Crippen molar-refractivity contribution >= 4 is 17.7 Å². The van der Waals surface area contributed by atoms with Crippen molar-refractivity contribution in [3.05, 3.63) is 35.4 Å². The van der Waals surface area contributed by atoms with Gasteiger partial charge in [-0.05, 0) is 30.9 Å². The molecule has 88 valence electrons. The van der Waals surface area contributed by atoms with Gasteiger partial charge in [-0.2, -0.15) is 11.8 Å². The van der Waals surface area contributed by atoms with E-state index in [4.69, 9.17) is 5.11 Å². The Kier molecular flexibility index (Phi) is 5.35. The van der Waals surface area contributed by atoms with Gasteiger partial charge in [0.15, 0.2) is 0 Å². The van der Waals surface area contributed by atoms with E-state index < -0.39 is 6.10 Å². The molecule has 0 aromatic heterocycles. The molecule has 0 aliphatic rings. The zero-order valence-electron chi connectivity index (χ0n) is 9.56.